The van der Waals surface area contributed by atoms with Gasteiger partial charge in [0.15, 0.2) is 0 Å². The average Bonchev–Trinajstić information content (AvgIpc) is 3.19. The SMILES string of the molecule is CC(C)Oc1cccc(Nc2ccc(-c3noc(-c4ccc(F)cc4)n3)cc2)c1. The van der Waals surface area contributed by atoms with Crippen molar-refractivity contribution in [3.63, 3.8) is 0 Å². The molecule has 0 radical (unpaired) electrons. The van der Waals surface area contributed by atoms with Crippen LogP contribution in [0.25, 0.3) is 22.8 Å². The molecule has 4 rings (SSSR count). The first-order valence-electron chi connectivity index (χ1n) is 9.31. The third kappa shape index (κ3) is 4.60. The van der Waals surface area contributed by atoms with Crippen molar-refractivity contribution in [1.82, 2.24) is 10.1 Å². The zero-order valence-corrected chi connectivity index (χ0v) is 16.1. The van der Waals surface area contributed by atoms with E-state index in [4.69, 9.17) is 9.26 Å². The van der Waals surface area contributed by atoms with Crippen LogP contribution in [0.3, 0.4) is 0 Å². The van der Waals surface area contributed by atoms with Gasteiger partial charge in [-0.05, 0) is 74.5 Å². The second kappa shape index (κ2) is 8.14. The van der Waals surface area contributed by atoms with E-state index in [1.807, 2.05) is 62.4 Å². The Morgan fingerprint density at radius 1 is 0.897 bits per heavy atom. The predicted octanol–water partition coefficient (Wildman–Crippen LogP) is 6.07. The molecule has 0 aliphatic carbocycles. The molecule has 0 unspecified atom stereocenters. The van der Waals surface area contributed by atoms with E-state index in [-0.39, 0.29) is 11.9 Å². The molecular formula is C23H20FN3O2. The number of ether oxygens (including phenoxy) is 1. The van der Waals surface area contributed by atoms with Gasteiger partial charge in [0.25, 0.3) is 5.89 Å². The van der Waals surface area contributed by atoms with Gasteiger partial charge < -0.3 is 14.6 Å². The molecule has 0 fully saturated rings. The Hall–Kier alpha value is -3.67. The number of benzene rings is 3. The van der Waals surface area contributed by atoms with Gasteiger partial charge in [-0.1, -0.05) is 11.2 Å². The van der Waals surface area contributed by atoms with Gasteiger partial charge in [-0.3, -0.25) is 0 Å². The third-order valence-corrected chi connectivity index (χ3v) is 4.15. The number of nitrogens with zero attached hydrogens (tertiary/aromatic N) is 2. The molecule has 0 spiro atoms. The van der Waals surface area contributed by atoms with Crippen molar-refractivity contribution in [3.8, 4) is 28.6 Å². The van der Waals surface area contributed by atoms with Crippen LogP contribution in [0.2, 0.25) is 0 Å². The fraction of sp³-hybridized carbons (Fsp3) is 0.130. The highest BCUT2D eigenvalue weighted by Crippen LogP contribution is 2.26. The standard InChI is InChI=1S/C23H20FN3O2/c1-15(2)28-21-5-3-4-20(14-21)25-19-12-8-16(9-13-19)22-26-23(29-27-22)17-6-10-18(24)11-7-17/h3-15,25H,1-2H3. The molecule has 0 aliphatic heterocycles. The lowest BCUT2D eigenvalue weighted by Crippen LogP contribution is -2.05. The summed E-state index contributed by atoms with van der Waals surface area (Å²) in [7, 11) is 0. The molecule has 5 nitrogen and oxygen atoms in total. The predicted molar refractivity (Wildman–Crippen MR) is 111 cm³/mol. The summed E-state index contributed by atoms with van der Waals surface area (Å²) >= 11 is 0. The Labute approximate surface area is 168 Å². The molecule has 0 saturated heterocycles. The van der Waals surface area contributed by atoms with Crippen molar-refractivity contribution in [3.05, 3.63) is 78.6 Å². The van der Waals surface area contributed by atoms with Gasteiger partial charge in [0.2, 0.25) is 5.82 Å². The lowest BCUT2D eigenvalue weighted by atomic mass is 10.2. The van der Waals surface area contributed by atoms with Crippen LogP contribution >= 0.6 is 0 Å². The molecule has 6 heteroatoms. The van der Waals surface area contributed by atoms with Crippen molar-refractivity contribution in [2.45, 2.75) is 20.0 Å². The molecule has 1 N–H and O–H groups in total. The summed E-state index contributed by atoms with van der Waals surface area (Å²) < 4.78 is 24.1. The van der Waals surface area contributed by atoms with Gasteiger partial charge in [0.05, 0.1) is 6.10 Å². The highest BCUT2D eigenvalue weighted by atomic mass is 19.1. The largest absolute Gasteiger partial charge is 0.491 e. The summed E-state index contributed by atoms with van der Waals surface area (Å²) in [6.07, 6.45) is 0.124. The molecule has 0 atom stereocenters. The normalized spacial score (nSPS) is 10.9. The summed E-state index contributed by atoms with van der Waals surface area (Å²) in [4.78, 5) is 4.40. The van der Waals surface area contributed by atoms with Gasteiger partial charge in [0, 0.05) is 28.6 Å². The van der Waals surface area contributed by atoms with Gasteiger partial charge in [-0.2, -0.15) is 4.98 Å². The van der Waals surface area contributed by atoms with Crippen molar-refractivity contribution < 1.29 is 13.7 Å². The Balaban J connectivity index is 1.48. The third-order valence-electron chi connectivity index (χ3n) is 4.15. The van der Waals surface area contributed by atoms with Crippen LogP contribution in [-0.2, 0) is 0 Å². The number of aromatic nitrogens is 2. The van der Waals surface area contributed by atoms with E-state index in [1.165, 1.54) is 12.1 Å². The van der Waals surface area contributed by atoms with E-state index in [2.05, 4.69) is 15.5 Å². The molecule has 3 aromatic carbocycles. The number of rotatable bonds is 6. The molecule has 0 aliphatic rings. The first-order valence-corrected chi connectivity index (χ1v) is 9.31. The monoisotopic (exact) mass is 389 g/mol. The quantitative estimate of drug-likeness (QED) is 0.433. The minimum atomic E-state index is -0.308. The van der Waals surface area contributed by atoms with Crippen LogP contribution in [0.5, 0.6) is 5.75 Å². The molecule has 1 heterocycles. The summed E-state index contributed by atoms with van der Waals surface area (Å²) in [6, 6.07) is 21.5. The molecule has 0 amide bonds. The Bertz CT molecular complexity index is 1090. The maximum atomic E-state index is 13.1. The van der Waals surface area contributed by atoms with Gasteiger partial charge in [-0.25, -0.2) is 4.39 Å². The van der Waals surface area contributed by atoms with Crippen LogP contribution in [0.1, 0.15) is 13.8 Å². The van der Waals surface area contributed by atoms with Gasteiger partial charge in [-0.15, -0.1) is 0 Å². The van der Waals surface area contributed by atoms with Crippen molar-refractivity contribution in [1.29, 1.82) is 0 Å². The maximum absolute atomic E-state index is 13.1. The van der Waals surface area contributed by atoms with E-state index < -0.39 is 0 Å². The van der Waals surface area contributed by atoms with E-state index in [9.17, 15) is 4.39 Å². The van der Waals surface area contributed by atoms with Crippen LogP contribution in [0.15, 0.2) is 77.3 Å². The fourth-order valence-corrected chi connectivity index (χ4v) is 2.84. The van der Waals surface area contributed by atoms with Gasteiger partial charge >= 0.3 is 0 Å². The van der Waals surface area contributed by atoms with Crippen molar-refractivity contribution in [2.75, 3.05) is 5.32 Å². The Kier molecular flexibility index (Phi) is 5.24. The van der Waals surface area contributed by atoms with Crippen LogP contribution in [0.4, 0.5) is 15.8 Å². The molecule has 0 saturated carbocycles. The van der Waals surface area contributed by atoms with Crippen molar-refractivity contribution >= 4 is 11.4 Å². The number of halogens is 1. The molecule has 1 aromatic heterocycles. The van der Waals surface area contributed by atoms with Crippen LogP contribution in [0, 0.1) is 5.82 Å². The highest BCUT2D eigenvalue weighted by Gasteiger charge is 2.11. The zero-order chi connectivity index (χ0) is 20.2. The second-order valence-electron chi connectivity index (χ2n) is 6.83. The Morgan fingerprint density at radius 3 is 2.34 bits per heavy atom. The number of hydrogen-bond acceptors (Lipinski definition) is 5. The van der Waals surface area contributed by atoms with Crippen LogP contribution < -0.4 is 10.1 Å². The molecule has 4 aromatic rings. The molecule has 0 bridgehead atoms. The number of anilines is 2. The number of nitrogens with one attached hydrogen (secondary N) is 1. The van der Waals surface area contributed by atoms with Crippen molar-refractivity contribution in [2.24, 2.45) is 0 Å². The molecule has 146 valence electrons. The average molecular weight is 389 g/mol. The van der Waals surface area contributed by atoms with Gasteiger partial charge in [0.1, 0.15) is 11.6 Å². The zero-order valence-electron chi connectivity index (χ0n) is 16.1. The van der Waals surface area contributed by atoms with E-state index in [0.29, 0.717) is 17.3 Å². The lowest BCUT2D eigenvalue weighted by molar-refractivity contribution is 0.242. The minimum Gasteiger partial charge on any atom is -0.491 e. The smallest absolute Gasteiger partial charge is 0.258 e. The summed E-state index contributed by atoms with van der Waals surface area (Å²) in [6.45, 7) is 4.00. The first kappa shape index (κ1) is 18.7. The fourth-order valence-electron chi connectivity index (χ4n) is 2.84. The lowest BCUT2D eigenvalue weighted by Gasteiger charge is -2.12. The second-order valence-corrected chi connectivity index (χ2v) is 6.83. The minimum absolute atomic E-state index is 0.124. The molecule has 29 heavy (non-hydrogen) atoms. The molecular weight excluding hydrogens is 369 g/mol. The Morgan fingerprint density at radius 2 is 1.62 bits per heavy atom. The topological polar surface area (TPSA) is 60.2 Å². The highest BCUT2D eigenvalue weighted by molar-refractivity contribution is 5.66. The van der Waals surface area contributed by atoms with E-state index in [0.717, 1.165) is 22.7 Å². The van der Waals surface area contributed by atoms with Crippen LogP contribution in [-0.4, -0.2) is 16.2 Å². The van der Waals surface area contributed by atoms with E-state index >= 15 is 0 Å². The maximum Gasteiger partial charge on any atom is 0.258 e. The summed E-state index contributed by atoms with van der Waals surface area (Å²) in [5.41, 5.74) is 3.36. The first-order chi connectivity index (χ1) is 14.1. The number of hydrogen-bond donors (Lipinski definition) is 1. The summed E-state index contributed by atoms with van der Waals surface area (Å²) in [5.74, 6) is 1.34. The van der Waals surface area contributed by atoms with E-state index in [1.54, 1.807) is 12.1 Å². The summed E-state index contributed by atoms with van der Waals surface area (Å²) in [5, 5.41) is 7.37.